The third kappa shape index (κ3) is 3.74. The number of anilines is 1. The Labute approximate surface area is 153 Å². The number of imide groups is 1. The Morgan fingerprint density at radius 1 is 1.07 bits per heavy atom. The van der Waals surface area contributed by atoms with Crippen LogP contribution in [0, 0.1) is 6.92 Å². The average Bonchev–Trinajstić information content (AvgIpc) is 2.85. The van der Waals surface area contributed by atoms with Crippen LogP contribution in [0.5, 0.6) is 5.75 Å². The molecule has 2 aromatic carbocycles. The Kier molecular flexibility index (Phi) is 4.82. The van der Waals surface area contributed by atoms with Gasteiger partial charge < -0.3 is 9.64 Å². The van der Waals surface area contributed by atoms with Crippen LogP contribution in [0.1, 0.15) is 16.7 Å². The monoisotopic (exact) mass is 378 g/mol. The first-order chi connectivity index (χ1) is 12.7. The number of nitrogens with zero attached hydrogens (tertiary/aromatic N) is 2. The van der Waals surface area contributed by atoms with Crippen molar-refractivity contribution in [1.29, 1.82) is 0 Å². The van der Waals surface area contributed by atoms with Gasteiger partial charge in [-0.1, -0.05) is 12.1 Å². The van der Waals surface area contributed by atoms with Crippen molar-refractivity contribution < 1.29 is 27.5 Å². The molecule has 1 saturated heterocycles. The molecule has 1 aliphatic rings. The molecule has 142 valence electrons. The Morgan fingerprint density at radius 3 is 2.30 bits per heavy atom. The second kappa shape index (κ2) is 6.94. The van der Waals surface area contributed by atoms with Gasteiger partial charge in [0.05, 0.1) is 11.3 Å². The SMILES string of the molecule is Cc1cccc(C(F)(F)F)c1COc1ccc(N2C(=O)CN(C)C2=O)cc1. The van der Waals surface area contributed by atoms with Crippen LogP contribution in [0.2, 0.25) is 0 Å². The number of aryl methyl sites for hydroxylation is 1. The first kappa shape index (κ1) is 18.8. The van der Waals surface area contributed by atoms with Gasteiger partial charge in [-0.25, -0.2) is 9.69 Å². The van der Waals surface area contributed by atoms with Gasteiger partial charge in [-0.15, -0.1) is 0 Å². The molecule has 2 aromatic rings. The van der Waals surface area contributed by atoms with Crippen LogP contribution in [0.4, 0.5) is 23.7 Å². The Balaban J connectivity index is 1.76. The molecule has 27 heavy (non-hydrogen) atoms. The van der Waals surface area contributed by atoms with Crippen molar-refractivity contribution in [3.05, 3.63) is 59.2 Å². The molecule has 0 radical (unpaired) electrons. The van der Waals surface area contributed by atoms with Gasteiger partial charge in [0.1, 0.15) is 18.9 Å². The minimum Gasteiger partial charge on any atom is -0.489 e. The van der Waals surface area contributed by atoms with Gasteiger partial charge >= 0.3 is 12.2 Å². The van der Waals surface area contributed by atoms with E-state index in [1.165, 1.54) is 42.3 Å². The molecular weight excluding hydrogens is 361 g/mol. The van der Waals surface area contributed by atoms with Gasteiger partial charge in [-0.3, -0.25) is 4.79 Å². The van der Waals surface area contributed by atoms with Gasteiger partial charge in [0.2, 0.25) is 0 Å². The topological polar surface area (TPSA) is 49.9 Å². The van der Waals surface area contributed by atoms with E-state index in [-0.39, 0.29) is 24.6 Å². The summed E-state index contributed by atoms with van der Waals surface area (Å²) >= 11 is 0. The maximum Gasteiger partial charge on any atom is 0.416 e. The molecule has 1 fully saturated rings. The van der Waals surface area contributed by atoms with Crippen LogP contribution < -0.4 is 9.64 Å². The van der Waals surface area contributed by atoms with Crippen LogP contribution >= 0.6 is 0 Å². The zero-order chi connectivity index (χ0) is 19.8. The molecule has 0 atom stereocenters. The van der Waals surface area contributed by atoms with Crippen LogP contribution in [-0.4, -0.2) is 30.4 Å². The summed E-state index contributed by atoms with van der Waals surface area (Å²) in [5.41, 5.74) is 0.210. The van der Waals surface area contributed by atoms with Crippen LogP contribution in [0.15, 0.2) is 42.5 Å². The van der Waals surface area contributed by atoms with E-state index in [2.05, 4.69) is 0 Å². The first-order valence-electron chi connectivity index (χ1n) is 8.15. The third-order valence-electron chi connectivity index (χ3n) is 4.33. The number of alkyl halides is 3. The predicted octanol–water partition coefficient (Wildman–Crippen LogP) is 3.99. The number of likely N-dealkylation sites (N-methyl/N-ethyl adjacent to an activating group) is 1. The number of ether oxygens (including phenoxy) is 1. The molecule has 8 heteroatoms. The van der Waals surface area contributed by atoms with E-state index in [0.29, 0.717) is 17.0 Å². The summed E-state index contributed by atoms with van der Waals surface area (Å²) in [7, 11) is 1.53. The average molecular weight is 378 g/mol. The van der Waals surface area contributed by atoms with E-state index in [0.717, 1.165) is 11.0 Å². The number of benzene rings is 2. The molecule has 1 heterocycles. The molecule has 3 amide bonds. The second-order valence-corrected chi connectivity index (χ2v) is 6.25. The van der Waals surface area contributed by atoms with Crippen molar-refractivity contribution in [3.63, 3.8) is 0 Å². The lowest BCUT2D eigenvalue weighted by molar-refractivity contribution is -0.138. The fraction of sp³-hybridized carbons (Fsp3) is 0.263. The lowest BCUT2D eigenvalue weighted by Crippen LogP contribution is -2.31. The lowest BCUT2D eigenvalue weighted by atomic mass is 10.0. The number of carbonyl (C=O) groups is 2. The Hall–Kier alpha value is -3.03. The highest BCUT2D eigenvalue weighted by Crippen LogP contribution is 2.34. The van der Waals surface area contributed by atoms with E-state index < -0.39 is 17.8 Å². The van der Waals surface area contributed by atoms with Crippen molar-refractivity contribution in [2.75, 3.05) is 18.5 Å². The molecular formula is C19H17F3N2O3. The summed E-state index contributed by atoms with van der Waals surface area (Å²) in [6.45, 7) is 1.36. The van der Waals surface area contributed by atoms with Gasteiger partial charge in [0.15, 0.2) is 0 Å². The Bertz CT molecular complexity index is 879. The quantitative estimate of drug-likeness (QED) is 0.756. The first-order valence-corrected chi connectivity index (χ1v) is 8.15. The van der Waals surface area contributed by atoms with Gasteiger partial charge in [0.25, 0.3) is 5.91 Å². The fourth-order valence-corrected chi connectivity index (χ4v) is 2.88. The van der Waals surface area contributed by atoms with Crippen molar-refractivity contribution in [2.24, 2.45) is 0 Å². The summed E-state index contributed by atoms with van der Waals surface area (Å²) in [5, 5.41) is 0. The van der Waals surface area contributed by atoms with Gasteiger partial charge in [-0.05, 0) is 42.8 Å². The van der Waals surface area contributed by atoms with E-state index in [9.17, 15) is 22.8 Å². The van der Waals surface area contributed by atoms with E-state index in [1.807, 2.05) is 0 Å². The molecule has 0 bridgehead atoms. The van der Waals surface area contributed by atoms with Gasteiger partial charge in [-0.2, -0.15) is 13.2 Å². The number of urea groups is 1. The van der Waals surface area contributed by atoms with Gasteiger partial charge in [0, 0.05) is 12.6 Å². The molecule has 0 spiro atoms. The maximum atomic E-state index is 13.2. The highest BCUT2D eigenvalue weighted by molar-refractivity contribution is 6.19. The number of hydrogen-bond donors (Lipinski definition) is 0. The lowest BCUT2D eigenvalue weighted by Gasteiger charge is -2.17. The minimum absolute atomic E-state index is 0.00455. The fourth-order valence-electron chi connectivity index (χ4n) is 2.88. The molecule has 0 saturated carbocycles. The molecule has 0 unspecified atom stereocenters. The summed E-state index contributed by atoms with van der Waals surface area (Å²) in [6, 6.07) is 9.62. The molecule has 0 aliphatic carbocycles. The van der Waals surface area contributed by atoms with Crippen molar-refractivity contribution in [1.82, 2.24) is 4.90 Å². The highest BCUT2D eigenvalue weighted by atomic mass is 19.4. The zero-order valence-corrected chi connectivity index (χ0v) is 14.7. The summed E-state index contributed by atoms with van der Waals surface area (Å²) in [4.78, 5) is 26.2. The maximum absolute atomic E-state index is 13.2. The number of rotatable bonds is 4. The minimum atomic E-state index is -4.46. The van der Waals surface area contributed by atoms with E-state index in [1.54, 1.807) is 13.0 Å². The highest BCUT2D eigenvalue weighted by Gasteiger charge is 2.35. The molecule has 0 N–H and O–H groups in total. The number of carbonyl (C=O) groups excluding carboxylic acids is 2. The predicted molar refractivity (Wildman–Crippen MR) is 92.5 cm³/mol. The molecule has 0 aromatic heterocycles. The van der Waals surface area contributed by atoms with E-state index in [4.69, 9.17) is 4.74 Å². The molecule has 5 nitrogen and oxygen atoms in total. The summed E-state index contributed by atoms with van der Waals surface area (Å²) in [6.07, 6.45) is -4.46. The largest absolute Gasteiger partial charge is 0.489 e. The van der Waals surface area contributed by atoms with Crippen LogP contribution in [-0.2, 0) is 17.6 Å². The molecule has 1 aliphatic heterocycles. The van der Waals surface area contributed by atoms with Crippen molar-refractivity contribution >= 4 is 17.6 Å². The number of halogens is 3. The van der Waals surface area contributed by atoms with Crippen molar-refractivity contribution in [3.8, 4) is 5.75 Å². The standard InChI is InChI=1S/C19H17F3N2O3/c1-12-4-3-5-16(19(20,21)22)15(12)11-27-14-8-6-13(7-9-14)24-17(25)10-23(2)18(24)26/h3-9H,10-11H2,1-2H3. The molecule has 3 rings (SSSR count). The zero-order valence-electron chi connectivity index (χ0n) is 14.7. The third-order valence-corrected chi connectivity index (χ3v) is 4.33. The second-order valence-electron chi connectivity index (χ2n) is 6.25. The van der Waals surface area contributed by atoms with Crippen LogP contribution in [0.3, 0.4) is 0 Å². The smallest absolute Gasteiger partial charge is 0.416 e. The number of amides is 3. The summed E-state index contributed by atoms with van der Waals surface area (Å²) < 4.78 is 45.0. The van der Waals surface area contributed by atoms with Crippen LogP contribution in [0.25, 0.3) is 0 Å². The normalized spacial score (nSPS) is 14.9. The Morgan fingerprint density at radius 2 is 1.74 bits per heavy atom. The van der Waals surface area contributed by atoms with E-state index >= 15 is 0 Å². The summed E-state index contributed by atoms with van der Waals surface area (Å²) in [5.74, 6) is -0.00604. The van der Waals surface area contributed by atoms with Crippen molar-refractivity contribution in [2.45, 2.75) is 19.7 Å². The number of hydrogen-bond acceptors (Lipinski definition) is 3.